The predicted octanol–water partition coefficient (Wildman–Crippen LogP) is 19.6. The standard InChI is InChI=1S/C116H166O24/c1-51(18-21-57(7)117)73-24-26-75(61(73)11)91-54(4)36-67-45-70(30-33-113(67,14)85(91)48-88(120)121)135-106(127)81-43-65-41-78(81)98(95-63(13)104(125)137-108(95)129)96(65)102-103(112(133)139-111(102)132)99-79-42-66(44-82(79)107(128)136-71-31-34-114(15)68(46-71)37-55(5)92(86(114)49-89(122)123)76-27-25-74(62(76)12)52(2)19-22-58(8)118)97(99)101-100(109(130)138-110(101)131)94-60(10)64-39-77(94)80(40-64)105(126)134-72-32-35-115(16)69(47-72)38-56(6)93-84-29-28-83(53(3)20-23-59(9)119)116(84,17)140-90(124)50-87(93)115/h51-56,60-87,91-103H,18-50H2,1-17H3,(H,120,121)(H,122,123). The number of carboxylic acids is 2. The van der Waals surface area contributed by atoms with Crippen molar-refractivity contribution >= 4 is 89.0 Å². The van der Waals surface area contributed by atoms with Gasteiger partial charge in [0.2, 0.25) is 0 Å². The summed E-state index contributed by atoms with van der Waals surface area (Å²) in [5, 5.41) is 21.6. The summed E-state index contributed by atoms with van der Waals surface area (Å²) < 4.78 is 44.9. The molecule has 2 N–H and O–H groups in total. The van der Waals surface area contributed by atoms with Gasteiger partial charge in [-0.05, 0) is 413 Å². The zero-order valence-corrected chi connectivity index (χ0v) is 86.8. The van der Waals surface area contributed by atoms with Crippen molar-refractivity contribution in [1.82, 2.24) is 0 Å². The van der Waals surface area contributed by atoms with Gasteiger partial charge >= 0.3 is 71.6 Å². The van der Waals surface area contributed by atoms with Crippen molar-refractivity contribution in [2.24, 2.45) is 277 Å². The highest BCUT2D eigenvalue weighted by atomic mass is 16.6. The van der Waals surface area contributed by atoms with Crippen molar-refractivity contribution in [3.05, 3.63) is 0 Å². The summed E-state index contributed by atoms with van der Waals surface area (Å²) in [4.78, 5) is 216. The fourth-order valence-electron chi connectivity index (χ4n) is 40.8. The van der Waals surface area contributed by atoms with Crippen LogP contribution in [0.3, 0.4) is 0 Å². The van der Waals surface area contributed by atoms with Crippen LogP contribution in [0.1, 0.15) is 330 Å². The molecule has 0 radical (unpaired) electrons. The number of ether oxygens (including phenoxy) is 7. The van der Waals surface area contributed by atoms with Gasteiger partial charge in [-0.3, -0.25) is 57.5 Å². The quantitative estimate of drug-likeness (QED) is 0.0399. The lowest BCUT2D eigenvalue weighted by Crippen LogP contribution is -2.54. The summed E-state index contributed by atoms with van der Waals surface area (Å²) >= 11 is 0. The van der Waals surface area contributed by atoms with Gasteiger partial charge in [0.25, 0.3) is 0 Å². The van der Waals surface area contributed by atoms with Crippen LogP contribution < -0.4 is 0 Å². The van der Waals surface area contributed by atoms with E-state index in [0.717, 1.165) is 83.5 Å². The minimum Gasteiger partial charge on any atom is -0.481 e. The molecular formula is C116H166O24. The molecule has 0 amide bonds. The van der Waals surface area contributed by atoms with E-state index in [1.807, 2.05) is 0 Å². The van der Waals surface area contributed by atoms with Crippen LogP contribution in [0.25, 0.3) is 0 Å². The first-order chi connectivity index (χ1) is 66.2. The summed E-state index contributed by atoms with van der Waals surface area (Å²) in [7, 11) is 0. The lowest BCUT2D eigenvalue weighted by Gasteiger charge is -2.58. The summed E-state index contributed by atoms with van der Waals surface area (Å²) in [6, 6.07) is 0. The smallest absolute Gasteiger partial charge is 0.317 e. The van der Waals surface area contributed by atoms with Crippen molar-refractivity contribution in [3.63, 3.8) is 0 Å². The Kier molecular flexibility index (Phi) is 28.0. The van der Waals surface area contributed by atoms with E-state index in [2.05, 4.69) is 90.0 Å². The molecule has 24 nitrogen and oxygen atoms in total. The first kappa shape index (κ1) is 102. The number of carbonyl (C=O) groups excluding carboxylic acids is 13. The third-order valence-corrected chi connectivity index (χ3v) is 47.2. The molecule has 15 aliphatic carbocycles. The second-order valence-electron chi connectivity index (χ2n) is 53.2. The molecule has 0 spiro atoms. The first-order valence-electron chi connectivity index (χ1n) is 56.2. The molecule has 19 fully saturated rings. The van der Waals surface area contributed by atoms with Gasteiger partial charge in [0.15, 0.2) is 0 Å². The normalized spacial score (nSPS) is 49.6. The molecule has 51 atom stereocenters. The van der Waals surface area contributed by atoms with Gasteiger partial charge in [0.1, 0.15) is 41.3 Å². The number of rotatable bonds is 29. The van der Waals surface area contributed by atoms with Crippen molar-refractivity contribution in [2.75, 3.05) is 0 Å². The SMILES string of the molecule is CC(=O)CCC(C)C1CCC(C2C(C)CC3CC(OC(=O)C4CC5CC4C(C4C(=O)OC(=O)C4C)C5C4C(=O)OC(=O)C4C4C5CC(CC5C(=O)OC5CCC6(C)C(C5)CC(C)C(C5CCC(C(C)CCC(C)=O)C5C)C6CC(=O)O)C4C4C(=O)OC(=O)C4C4C(C)C5CC(C(=O)OC6CCC7(C)C(C6)CC(C)C6C7CC(=O)OC7(C)C(C(C)CCC(C)=O)CCC67)C4C5)CCC3(C)C2CC(=O)O)C1C. The van der Waals surface area contributed by atoms with Crippen molar-refractivity contribution in [1.29, 1.82) is 0 Å². The molecule has 51 unspecified atom stereocenters. The zero-order chi connectivity index (χ0) is 100. The molecule has 4 aliphatic heterocycles. The van der Waals surface area contributed by atoms with E-state index < -0.39 is 196 Å². The van der Waals surface area contributed by atoms with Crippen molar-refractivity contribution in [3.8, 4) is 0 Å². The number of fused-ring (bicyclic) bond motifs is 13. The van der Waals surface area contributed by atoms with Gasteiger partial charge in [-0.15, -0.1) is 0 Å². The lowest BCUT2D eigenvalue weighted by molar-refractivity contribution is -0.172. The monoisotopic (exact) mass is 1940 g/mol. The van der Waals surface area contributed by atoms with E-state index in [4.69, 9.17) is 33.2 Å². The van der Waals surface area contributed by atoms with Gasteiger partial charge in [-0.1, -0.05) is 90.0 Å². The van der Waals surface area contributed by atoms with Crippen molar-refractivity contribution < 1.29 is 115 Å². The summed E-state index contributed by atoms with van der Waals surface area (Å²) in [5.41, 5.74) is -1.60. The molecule has 0 aromatic heterocycles. The molecule has 774 valence electrons. The van der Waals surface area contributed by atoms with Crippen LogP contribution >= 0.6 is 0 Å². The lowest BCUT2D eigenvalue weighted by atomic mass is 9.47. The second kappa shape index (κ2) is 38.5. The number of cyclic esters (lactones) is 6. The number of Topliss-reactive ketones (excluding diaryl/α,β-unsaturated/α-hetero) is 3. The maximum atomic E-state index is 16.1. The molecular weight excluding hydrogens is 1780 g/mol. The number of carboxylic acid groups (broad SMARTS) is 2. The van der Waals surface area contributed by atoms with Crippen LogP contribution in [0.4, 0.5) is 0 Å². The van der Waals surface area contributed by atoms with Crippen molar-refractivity contribution in [2.45, 2.75) is 354 Å². The number of hydrogen-bond donors (Lipinski definition) is 2. The van der Waals surface area contributed by atoms with E-state index in [0.29, 0.717) is 150 Å². The van der Waals surface area contributed by atoms with Crippen LogP contribution in [0.5, 0.6) is 0 Å². The Morgan fingerprint density at radius 2 is 0.729 bits per heavy atom. The van der Waals surface area contributed by atoms with Crippen LogP contribution in [0.15, 0.2) is 0 Å². The van der Waals surface area contributed by atoms with Crippen LogP contribution in [0.2, 0.25) is 0 Å². The van der Waals surface area contributed by atoms with E-state index >= 15 is 33.6 Å². The Balaban J connectivity index is 0.595. The second-order valence-corrected chi connectivity index (χ2v) is 53.2. The Morgan fingerprint density at radius 1 is 0.364 bits per heavy atom. The molecule has 4 saturated heterocycles. The fourth-order valence-corrected chi connectivity index (χ4v) is 40.8. The molecule has 140 heavy (non-hydrogen) atoms. The molecule has 19 aliphatic rings. The average Bonchev–Trinajstić information content (AvgIpc) is 1.53. The average molecular weight is 1940 g/mol. The molecule has 19 rings (SSSR count). The molecule has 6 bridgehead atoms. The van der Waals surface area contributed by atoms with Gasteiger partial charge in [-0.25, -0.2) is 0 Å². The summed E-state index contributed by atoms with van der Waals surface area (Å²) in [6.45, 7) is 36.1. The Bertz CT molecular complexity index is 4870. The number of carbonyl (C=O) groups is 15. The minimum atomic E-state index is -1.36. The van der Waals surface area contributed by atoms with E-state index in [-0.39, 0.29) is 172 Å². The number of aliphatic carboxylic acids is 2. The molecule has 0 aromatic carbocycles. The Labute approximate surface area is 829 Å². The molecule has 0 aromatic rings. The first-order valence-corrected chi connectivity index (χ1v) is 56.2. The molecule has 24 heteroatoms. The highest BCUT2D eigenvalue weighted by Gasteiger charge is 2.75. The third kappa shape index (κ3) is 17.3. The van der Waals surface area contributed by atoms with Gasteiger partial charge in [-0.2, -0.15) is 0 Å². The highest BCUT2D eigenvalue weighted by molar-refractivity contribution is 6.00. The zero-order valence-electron chi connectivity index (χ0n) is 86.8. The van der Waals surface area contributed by atoms with Crippen LogP contribution in [0, 0.1) is 277 Å². The highest BCUT2D eigenvalue weighted by Crippen LogP contribution is 2.74. The predicted molar refractivity (Wildman–Crippen MR) is 512 cm³/mol. The maximum absolute atomic E-state index is 16.1. The molecule has 4 heterocycles. The van der Waals surface area contributed by atoms with E-state index in [1.54, 1.807) is 27.7 Å². The van der Waals surface area contributed by atoms with Crippen LogP contribution in [-0.4, -0.2) is 123 Å². The fraction of sp³-hybridized carbons (Fsp3) is 0.871. The maximum Gasteiger partial charge on any atom is 0.317 e. The summed E-state index contributed by atoms with van der Waals surface area (Å²) in [6.07, 6.45) is 19.2. The Hall–Kier alpha value is -6.75. The van der Waals surface area contributed by atoms with Gasteiger partial charge < -0.3 is 57.8 Å². The number of esters is 10. The molecule has 15 saturated carbocycles. The van der Waals surface area contributed by atoms with E-state index in [1.165, 1.54) is 0 Å². The van der Waals surface area contributed by atoms with Gasteiger partial charge in [0.05, 0.1) is 53.3 Å². The Morgan fingerprint density at radius 3 is 1.14 bits per heavy atom. The number of hydrogen-bond acceptors (Lipinski definition) is 22. The largest absolute Gasteiger partial charge is 0.481 e. The van der Waals surface area contributed by atoms with E-state index in [9.17, 15) is 48.6 Å². The topological polar surface area (TPSA) is 361 Å². The number of ketones is 3. The summed E-state index contributed by atoms with van der Waals surface area (Å²) in [5.74, 6) is -19.0. The third-order valence-electron chi connectivity index (χ3n) is 47.2. The minimum absolute atomic E-state index is 0.0213. The van der Waals surface area contributed by atoms with Gasteiger partial charge in [0, 0.05) is 50.4 Å². The van der Waals surface area contributed by atoms with Crippen LogP contribution in [-0.2, 0) is 105 Å².